The lowest BCUT2D eigenvalue weighted by molar-refractivity contribution is -0.121. The van der Waals surface area contributed by atoms with Gasteiger partial charge in [0, 0.05) is 30.9 Å². The Morgan fingerprint density at radius 2 is 1.91 bits per heavy atom. The Bertz CT molecular complexity index is 595. The van der Waals surface area contributed by atoms with Crippen molar-refractivity contribution in [1.29, 1.82) is 0 Å². The van der Waals surface area contributed by atoms with E-state index in [0.717, 1.165) is 23.3 Å². The molecule has 4 aliphatic carbocycles. The van der Waals surface area contributed by atoms with Gasteiger partial charge < -0.3 is 5.32 Å². The molecule has 4 fully saturated rings. The van der Waals surface area contributed by atoms with E-state index >= 15 is 0 Å². The van der Waals surface area contributed by atoms with Crippen molar-refractivity contribution in [2.75, 3.05) is 0 Å². The number of rotatable bonds is 4. The van der Waals surface area contributed by atoms with Crippen LogP contribution in [-0.4, -0.2) is 21.7 Å². The van der Waals surface area contributed by atoms with Gasteiger partial charge in [0.1, 0.15) is 0 Å². The van der Waals surface area contributed by atoms with Crippen LogP contribution in [0.4, 0.5) is 0 Å². The van der Waals surface area contributed by atoms with E-state index in [-0.39, 0.29) is 11.9 Å². The number of carbonyl (C=O) groups excluding carboxylic acids is 1. The lowest BCUT2D eigenvalue weighted by Gasteiger charge is -2.59. The van der Waals surface area contributed by atoms with E-state index in [1.165, 1.54) is 38.5 Å². The van der Waals surface area contributed by atoms with E-state index in [9.17, 15) is 4.79 Å². The topological polar surface area (TPSA) is 46.9 Å². The van der Waals surface area contributed by atoms with Crippen molar-refractivity contribution in [3.8, 4) is 0 Å². The molecule has 4 nitrogen and oxygen atoms in total. The Hall–Kier alpha value is -1.58. The Balaban J connectivity index is 1.40. The highest BCUT2D eigenvalue weighted by molar-refractivity contribution is 5.91. The van der Waals surface area contributed by atoms with Gasteiger partial charge in [-0.3, -0.25) is 9.48 Å². The predicted molar refractivity (Wildman–Crippen MR) is 90.5 cm³/mol. The van der Waals surface area contributed by atoms with Crippen LogP contribution in [-0.2, 0) is 11.8 Å². The number of hydrogen-bond acceptors (Lipinski definition) is 2. The highest BCUT2D eigenvalue weighted by Gasteiger charge is 2.53. The predicted octanol–water partition coefficient (Wildman–Crippen LogP) is 3.15. The zero-order valence-electron chi connectivity index (χ0n) is 14.2. The van der Waals surface area contributed by atoms with Crippen LogP contribution in [0.5, 0.6) is 0 Å². The first-order valence-electron chi connectivity index (χ1n) is 9.00. The molecule has 0 spiro atoms. The second-order valence-corrected chi connectivity index (χ2v) is 8.29. The smallest absolute Gasteiger partial charge is 0.244 e. The normalized spacial score (nSPS) is 36.5. The summed E-state index contributed by atoms with van der Waals surface area (Å²) in [5.41, 5.74) is 1.33. The zero-order chi connectivity index (χ0) is 16.0. The number of aromatic nitrogens is 2. The summed E-state index contributed by atoms with van der Waals surface area (Å²) in [4.78, 5) is 12.3. The summed E-state index contributed by atoms with van der Waals surface area (Å²) in [6, 6.07) is 0.280. The maximum atomic E-state index is 12.3. The van der Waals surface area contributed by atoms with E-state index in [0.29, 0.717) is 5.41 Å². The second kappa shape index (κ2) is 5.50. The molecule has 0 unspecified atom stereocenters. The maximum Gasteiger partial charge on any atom is 0.244 e. The first-order chi connectivity index (χ1) is 11.0. The van der Waals surface area contributed by atoms with Crippen molar-refractivity contribution in [3.05, 3.63) is 24.0 Å². The highest BCUT2D eigenvalue weighted by atomic mass is 16.1. The standard InChI is InChI=1S/C19H27N3O/c1-13(21-18(23)4-3-14-11-20-22(2)12-14)19-8-15-5-16(9-19)7-17(6-15)10-19/h3-4,11-13,15-17H,5-10H2,1-2H3,(H,21,23)/b4-3+/t13-,15?,16?,17?,19?/m0/s1. The minimum atomic E-state index is 0.0251. The zero-order valence-corrected chi connectivity index (χ0v) is 14.2. The fourth-order valence-electron chi connectivity index (χ4n) is 5.82. The number of carbonyl (C=O) groups is 1. The molecule has 4 saturated carbocycles. The van der Waals surface area contributed by atoms with Gasteiger partial charge in [-0.2, -0.15) is 5.10 Å². The van der Waals surface area contributed by atoms with Gasteiger partial charge in [0.05, 0.1) is 6.20 Å². The van der Waals surface area contributed by atoms with E-state index in [1.807, 2.05) is 19.3 Å². The Labute approximate surface area is 138 Å². The van der Waals surface area contributed by atoms with Crippen LogP contribution in [0.2, 0.25) is 0 Å². The summed E-state index contributed by atoms with van der Waals surface area (Å²) in [5, 5.41) is 7.38. The molecule has 1 amide bonds. The first kappa shape index (κ1) is 15.0. The summed E-state index contributed by atoms with van der Waals surface area (Å²) < 4.78 is 1.75. The van der Waals surface area contributed by atoms with Crippen LogP contribution in [0.3, 0.4) is 0 Å². The van der Waals surface area contributed by atoms with E-state index in [2.05, 4.69) is 17.3 Å². The summed E-state index contributed by atoms with van der Waals surface area (Å²) in [7, 11) is 1.88. The van der Waals surface area contributed by atoms with Crippen molar-refractivity contribution in [2.24, 2.45) is 30.2 Å². The van der Waals surface area contributed by atoms with Crippen LogP contribution < -0.4 is 5.32 Å². The molecule has 1 heterocycles. The average Bonchev–Trinajstić information content (AvgIpc) is 2.89. The van der Waals surface area contributed by atoms with Crippen LogP contribution in [0.15, 0.2) is 18.5 Å². The van der Waals surface area contributed by atoms with Crippen LogP contribution in [0.25, 0.3) is 6.08 Å². The Morgan fingerprint density at radius 1 is 1.30 bits per heavy atom. The van der Waals surface area contributed by atoms with Gasteiger partial charge in [0.25, 0.3) is 0 Å². The minimum Gasteiger partial charge on any atom is -0.350 e. The van der Waals surface area contributed by atoms with Gasteiger partial charge in [-0.05, 0) is 74.7 Å². The maximum absolute atomic E-state index is 12.3. The van der Waals surface area contributed by atoms with Crippen LogP contribution >= 0.6 is 0 Å². The molecular formula is C19H27N3O. The van der Waals surface area contributed by atoms with Crippen LogP contribution in [0, 0.1) is 23.2 Å². The number of nitrogens with one attached hydrogen (secondary N) is 1. The van der Waals surface area contributed by atoms with E-state index in [1.54, 1.807) is 17.0 Å². The molecule has 0 aromatic carbocycles. The molecule has 0 saturated heterocycles. The molecule has 124 valence electrons. The van der Waals surface area contributed by atoms with E-state index < -0.39 is 0 Å². The molecule has 1 N–H and O–H groups in total. The molecular weight excluding hydrogens is 286 g/mol. The summed E-state index contributed by atoms with van der Waals surface area (Å²) in [6.07, 6.45) is 15.5. The molecule has 5 rings (SSSR count). The third-order valence-electron chi connectivity index (χ3n) is 6.51. The minimum absolute atomic E-state index is 0.0251. The summed E-state index contributed by atoms with van der Waals surface area (Å²) in [5.74, 6) is 2.79. The average molecular weight is 313 g/mol. The highest BCUT2D eigenvalue weighted by Crippen LogP contribution is 2.61. The lowest BCUT2D eigenvalue weighted by atomic mass is 9.48. The van der Waals surface area contributed by atoms with Gasteiger partial charge >= 0.3 is 0 Å². The molecule has 1 atom stereocenters. The largest absolute Gasteiger partial charge is 0.350 e. The molecule has 0 aliphatic heterocycles. The summed E-state index contributed by atoms with van der Waals surface area (Å²) in [6.45, 7) is 2.23. The number of amides is 1. The van der Waals surface area contributed by atoms with Crippen molar-refractivity contribution >= 4 is 12.0 Å². The molecule has 23 heavy (non-hydrogen) atoms. The lowest BCUT2D eigenvalue weighted by Crippen LogP contribution is -2.55. The van der Waals surface area contributed by atoms with Crippen molar-refractivity contribution in [3.63, 3.8) is 0 Å². The number of hydrogen-bond donors (Lipinski definition) is 1. The third-order valence-corrected chi connectivity index (χ3v) is 6.51. The van der Waals surface area contributed by atoms with Gasteiger partial charge in [-0.15, -0.1) is 0 Å². The SMILES string of the molecule is C[C@H](NC(=O)/C=C/c1cnn(C)c1)C12CC3CC(CC(C3)C1)C2. The van der Waals surface area contributed by atoms with Gasteiger partial charge in [-0.25, -0.2) is 0 Å². The third kappa shape index (κ3) is 2.84. The molecule has 1 aromatic rings. The van der Waals surface area contributed by atoms with Crippen molar-refractivity contribution in [1.82, 2.24) is 15.1 Å². The van der Waals surface area contributed by atoms with E-state index in [4.69, 9.17) is 0 Å². The fourth-order valence-corrected chi connectivity index (χ4v) is 5.82. The van der Waals surface area contributed by atoms with Gasteiger partial charge in [0.2, 0.25) is 5.91 Å². The number of nitrogens with zero attached hydrogens (tertiary/aromatic N) is 2. The Morgan fingerprint density at radius 3 is 2.43 bits per heavy atom. The molecule has 4 aliphatic rings. The molecule has 4 bridgehead atoms. The fraction of sp³-hybridized carbons (Fsp3) is 0.684. The molecule has 1 aromatic heterocycles. The second-order valence-electron chi connectivity index (χ2n) is 8.29. The first-order valence-corrected chi connectivity index (χ1v) is 9.00. The van der Waals surface area contributed by atoms with Gasteiger partial charge in [0.15, 0.2) is 0 Å². The monoisotopic (exact) mass is 313 g/mol. The summed E-state index contributed by atoms with van der Waals surface area (Å²) >= 11 is 0. The molecule has 0 radical (unpaired) electrons. The van der Waals surface area contributed by atoms with Crippen LogP contribution in [0.1, 0.15) is 51.0 Å². The molecule has 4 heteroatoms. The Kier molecular flexibility index (Phi) is 3.58. The van der Waals surface area contributed by atoms with Crippen molar-refractivity contribution < 1.29 is 4.79 Å². The quantitative estimate of drug-likeness (QED) is 0.868. The number of aryl methyl sites for hydroxylation is 1. The van der Waals surface area contributed by atoms with Gasteiger partial charge in [-0.1, -0.05) is 0 Å². The van der Waals surface area contributed by atoms with Crippen molar-refractivity contribution in [2.45, 2.75) is 51.5 Å².